The Bertz CT molecular complexity index is 475. The van der Waals surface area contributed by atoms with Crippen LogP contribution in [-0.2, 0) is 20.4 Å². The van der Waals surface area contributed by atoms with Crippen molar-refractivity contribution < 1.29 is 9.53 Å². The Kier molecular flexibility index (Phi) is 5.54. The van der Waals surface area contributed by atoms with Crippen LogP contribution in [0, 0.1) is 0 Å². The van der Waals surface area contributed by atoms with E-state index in [9.17, 15) is 4.79 Å². The lowest BCUT2D eigenvalue weighted by Gasteiger charge is -2.26. The average molecular weight is 308 g/mol. The molecular formula is C18H28O2S. The van der Waals surface area contributed by atoms with Crippen molar-refractivity contribution in [1.82, 2.24) is 0 Å². The first-order valence-electron chi connectivity index (χ1n) is 7.35. The number of hydrogen-bond donors (Lipinski definition) is 0. The van der Waals surface area contributed by atoms with E-state index in [2.05, 4.69) is 59.7 Å². The van der Waals surface area contributed by atoms with Gasteiger partial charge in [-0.15, -0.1) is 11.8 Å². The highest BCUT2D eigenvalue weighted by molar-refractivity contribution is 8.00. The van der Waals surface area contributed by atoms with E-state index >= 15 is 0 Å². The summed E-state index contributed by atoms with van der Waals surface area (Å²) < 4.78 is 4.82. The fourth-order valence-electron chi connectivity index (χ4n) is 1.95. The molecule has 0 fully saturated rings. The van der Waals surface area contributed by atoms with E-state index in [0.29, 0.717) is 0 Å². The van der Waals surface area contributed by atoms with Crippen molar-refractivity contribution in [2.45, 2.75) is 69.4 Å². The van der Waals surface area contributed by atoms with Gasteiger partial charge in [0, 0.05) is 4.90 Å². The average Bonchev–Trinajstić information content (AvgIpc) is 2.35. The Morgan fingerprint density at radius 1 is 1.00 bits per heavy atom. The normalized spacial score (nSPS) is 13.9. The van der Waals surface area contributed by atoms with Crippen LogP contribution in [0.2, 0.25) is 0 Å². The van der Waals surface area contributed by atoms with E-state index < -0.39 is 0 Å². The summed E-state index contributed by atoms with van der Waals surface area (Å²) in [5, 5.41) is -0.196. The topological polar surface area (TPSA) is 26.3 Å². The molecule has 1 atom stereocenters. The molecule has 0 aliphatic rings. The van der Waals surface area contributed by atoms with Gasteiger partial charge in [-0.2, -0.15) is 0 Å². The summed E-state index contributed by atoms with van der Waals surface area (Å²) in [4.78, 5) is 12.8. The molecule has 0 radical (unpaired) electrons. The van der Waals surface area contributed by atoms with E-state index in [0.717, 1.165) is 4.90 Å². The minimum Gasteiger partial charge on any atom is -0.468 e. The highest BCUT2D eigenvalue weighted by Crippen LogP contribution is 2.35. The van der Waals surface area contributed by atoms with Gasteiger partial charge in [0.15, 0.2) is 0 Å². The smallest absolute Gasteiger partial charge is 0.318 e. The monoisotopic (exact) mass is 308 g/mol. The van der Waals surface area contributed by atoms with E-state index in [1.54, 1.807) is 11.8 Å². The number of ether oxygens (including phenoxy) is 1. The molecule has 1 aromatic carbocycles. The van der Waals surface area contributed by atoms with Gasteiger partial charge < -0.3 is 4.74 Å². The second-order valence-electron chi connectivity index (χ2n) is 7.53. The van der Waals surface area contributed by atoms with Gasteiger partial charge in [0.05, 0.1) is 7.11 Å². The molecule has 1 unspecified atom stereocenters. The van der Waals surface area contributed by atoms with Crippen molar-refractivity contribution in [1.29, 1.82) is 0 Å². The molecule has 0 bridgehead atoms. The maximum Gasteiger partial charge on any atom is 0.318 e. The molecule has 0 amide bonds. The van der Waals surface area contributed by atoms with Gasteiger partial charge in [-0.3, -0.25) is 4.79 Å². The fourth-order valence-corrected chi connectivity index (χ4v) is 2.94. The lowest BCUT2D eigenvalue weighted by Crippen LogP contribution is -2.18. The summed E-state index contributed by atoms with van der Waals surface area (Å²) in [5.41, 5.74) is 2.78. The number of carbonyl (C=O) groups is 1. The van der Waals surface area contributed by atoms with E-state index in [1.807, 2.05) is 6.92 Å². The van der Waals surface area contributed by atoms with Gasteiger partial charge >= 0.3 is 5.97 Å². The Hall–Kier alpha value is -0.960. The third-order valence-corrected chi connectivity index (χ3v) is 4.54. The Balaban J connectivity index is 3.23. The standard InChI is InChI=1S/C18H28O2S/c1-12(16(19)20-8)21-15-10-13(17(2,3)4)9-14(11-15)18(5,6)7/h9-12H,1-8H3. The summed E-state index contributed by atoms with van der Waals surface area (Å²) in [7, 11) is 1.44. The van der Waals surface area contributed by atoms with Crippen molar-refractivity contribution in [2.75, 3.05) is 7.11 Å². The first-order valence-corrected chi connectivity index (χ1v) is 8.23. The lowest BCUT2D eigenvalue weighted by atomic mass is 9.81. The van der Waals surface area contributed by atoms with Gasteiger partial charge in [0.1, 0.15) is 5.25 Å². The zero-order chi connectivity index (χ0) is 16.4. The number of hydrogen-bond acceptors (Lipinski definition) is 3. The molecule has 1 rings (SSSR count). The van der Waals surface area contributed by atoms with Gasteiger partial charge in [0.25, 0.3) is 0 Å². The number of benzene rings is 1. The number of thioether (sulfide) groups is 1. The number of esters is 1. The third-order valence-electron chi connectivity index (χ3n) is 3.48. The van der Waals surface area contributed by atoms with Crippen molar-refractivity contribution in [2.24, 2.45) is 0 Å². The molecule has 3 heteroatoms. The SMILES string of the molecule is COC(=O)C(C)Sc1cc(C(C)(C)C)cc(C(C)(C)C)c1. The van der Waals surface area contributed by atoms with Gasteiger partial charge in [-0.05, 0) is 41.0 Å². The predicted molar refractivity (Wildman–Crippen MR) is 91.2 cm³/mol. The molecule has 0 aliphatic heterocycles. The number of carbonyl (C=O) groups excluding carboxylic acids is 1. The quantitative estimate of drug-likeness (QED) is 0.584. The summed E-state index contributed by atoms with van der Waals surface area (Å²) in [5.74, 6) is -0.182. The molecule has 0 saturated carbocycles. The largest absolute Gasteiger partial charge is 0.468 e. The summed E-state index contributed by atoms with van der Waals surface area (Å²) in [6, 6.07) is 6.67. The molecule has 2 nitrogen and oxygen atoms in total. The summed E-state index contributed by atoms with van der Waals surface area (Å²) in [6.07, 6.45) is 0. The summed E-state index contributed by atoms with van der Waals surface area (Å²) in [6.45, 7) is 15.2. The van der Waals surface area contributed by atoms with Crippen molar-refractivity contribution >= 4 is 17.7 Å². The highest BCUT2D eigenvalue weighted by atomic mass is 32.2. The van der Waals surface area contributed by atoms with Gasteiger partial charge in [-0.25, -0.2) is 0 Å². The third kappa shape index (κ3) is 5.06. The van der Waals surface area contributed by atoms with Crippen molar-refractivity contribution in [3.05, 3.63) is 29.3 Å². The molecular weight excluding hydrogens is 280 g/mol. The second-order valence-corrected chi connectivity index (χ2v) is 8.94. The molecule has 21 heavy (non-hydrogen) atoms. The molecule has 0 N–H and O–H groups in total. The zero-order valence-corrected chi connectivity index (χ0v) is 15.4. The van der Waals surface area contributed by atoms with Crippen LogP contribution in [0.15, 0.2) is 23.1 Å². The Morgan fingerprint density at radius 2 is 1.43 bits per heavy atom. The molecule has 118 valence electrons. The Morgan fingerprint density at radius 3 is 1.76 bits per heavy atom. The maximum absolute atomic E-state index is 11.6. The first-order chi connectivity index (χ1) is 9.45. The number of rotatable bonds is 3. The molecule has 0 saturated heterocycles. The molecule has 0 spiro atoms. The number of methoxy groups -OCH3 is 1. The van der Waals surface area contributed by atoms with Crippen LogP contribution in [0.25, 0.3) is 0 Å². The second kappa shape index (κ2) is 6.43. The van der Waals surface area contributed by atoms with Crippen LogP contribution in [-0.4, -0.2) is 18.3 Å². The van der Waals surface area contributed by atoms with E-state index in [-0.39, 0.29) is 22.0 Å². The minimum atomic E-state index is -0.196. The van der Waals surface area contributed by atoms with Crippen molar-refractivity contribution in [3.63, 3.8) is 0 Å². The zero-order valence-electron chi connectivity index (χ0n) is 14.5. The molecule has 0 aromatic heterocycles. The predicted octanol–water partition coefficient (Wildman–Crippen LogP) is 4.94. The van der Waals surface area contributed by atoms with E-state index in [4.69, 9.17) is 4.74 Å². The van der Waals surface area contributed by atoms with Gasteiger partial charge in [0.2, 0.25) is 0 Å². The lowest BCUT2D eigenvalue weighted by molar-refractivity contribution is -0.139. The van der Waals surface area contributed by atoms with Crippen LogP contribution >= 0.6 is 11.8 Å². The highest BCUT2D eigenvalue weighted by Gasteiger charge is 2.22. The molecule has 0 heterocycles. The minimum absolute atomic E-state index is 0.0884. The fraction of sp³-hybridized carbons (Fsp3) is 0.611. The van der Waals surface area contributed by atoms with Crippen molar-refractivity contribution in [3.8, 4) is 0 Å². The summed E-state index contributed by atoms with van der Waals surface area (Å²) >= 11 is 1.56. The van der Waals surface area contributed by atoms with Crippen LogP contribution in [0.5, 0.6) is 0 Å². The maximum atomic E-state index is 11.6. The van der Waals surface area contributed by atoms with Crippen LogP contribution < -0.4 is 0 Å². The van der Waals surface area contributed by atoms with Crippen LogP contribution in [0.3, 0.4) is 0 Å². The first kappa shape index (κ1) is 18.1. The van der Waals surface area contributed by atoms with Gasteiger partial charge in [-0.1, -0.05) is 47.6 Å². The van der Waals surface area contributed by atoms with E-state index in [1.165, 1.54) is 18.2 Å². The van der Waals surface area contributed by atoms with Crippen LogP contribution in [0.4, 0.5) is 0 Å². The Labute approximate surface area is 133 Å². The molecule has 0 aliphatic carbocycles. The van der Waals surface area contributed by atoms with Crippen LogP contribution in [0.1, 0.15) is 59.6 Å². The molecule has 1 aromatic rings.